The number of para-hydroxylation sites is 3. The third kappa shape index (κ3) is 5.51. The van der Waals surface area contributed by atoms with E-state index in [0.717, 1.165) is 61.2 Å². The van der Waals surface area contributed by atoms with Gasteiger partial charge < -0.3 is 13.9 Å². The van der Waals surface area contributed by atoms with E-state index in [1.807, 2.05) is 12.1 Å². The summed E-state index contributed by atoms with van der Waals surface area (Å²) < 4.78 is 8.78. The van der Waals surface area contributed by atoms with Gasteiger partial charge in [-0.2, -0.15) is 0 Å². The normalized spacial score (nSPS) is 11.7. The molecule has 0 N–H and O–H groups in total. The minimum absolute atomic E-state index is 0.891. The first kappa shape index (κ1) is 33.3. The number of benzene rings is 10. The van der Waals surface area contributed by atoms with E-state index >= 15 is 0 Å². The second kappa shape index (κ2) is 13.4. The van der Waals surface area contributed by atoms with Crippen LogP contribution in [0.2, 0.25) is 0 Å². The Balaban J connectivity index is 1.11. The average Bonchev–Trinajstić information content (AvgIpc) is 3.83. The van der Waals surface area contributed by atoms with Crippen LogP contribution < -0.4 is 4.90 Å². The van der Waals surface area contributed by atoms with Gasteiger partial charge in [-0.25, -0.2) is 0 Å². The second-order valence-corrected chi connectivity index (χ2v) is 15.4. The number of fused-ring (bicyclic) bond motifs is 8. The van der Waals surface area contributed by atoms with Crippen molar-refractivity contribution in [1.29, 1.82) is 0 Å². The molecular formula is C56H36N2O. The molecule has 0 atom stereocenters. The highest BCUT2D eigenvalue weighted by atomic mass is 16.3. The fraction of sp³-hybridized carbons (Fsp3) is 0. The molecule has 0 aliphatic heterocycles. The van der Waals surface area contributed by atoms with Crippen LogP contribution in [0, 0.1) is 0 Å². The number of hydrogen-bond donors (Lipinski definition) is 0. The van der Waals surface area contributed by atoms with Crippen LogP contribution in [0.4, 0.5) is 17.1 Å². The average molecular weight is 753 g/mol. The molecule has 0 aliphatic carbocycles. The number of nitrogens with zero attached hydrogens (tertiary/aromatic N) is 2. The molecule has 0 fully saturated rings. The summed E-state index contributed by atoms with van der Waals surface area (Å²) in [5.41, 5.74) is 13.2. The van der Waals surface area contributed by atoms with Crippen molar-refractivity contribution in [3.63, 3.8) is 0 Å². The Morgan fingerprint density at radius 3 is 1.86 bits per heavy atom. The Labute approximate surface area is 341 Å². The standard InChI is InChI=1S/C56H36N2O/c1-3-14-38(15-4-1)49-33-41(40-24-23-37-13-7-8-16-39(37)31-40)26-29-53(49)57(45-27-25-42-34-51-48-20-10-12-22-55(48)59-56(51)35-43(42)32-45)46-28-30-54-50(36-46)47-19-9-11-21-52(47)58(54)44-17-5-2-6-18-44/h1-36H. The number of furan rings is 1. The van der Waals surface area contributed by atoms with Gasteiger partial charge in [0.05, 0.1) is 16.7 Å². The zero-order valence-corrected chi connectivity index (χ0v) is 32.1. The van der Waals surface area contributed by atoms with E-state index in [1.54, 1.807) is 0 Å². The first-order valence-corrected chi connectivity index (χ1v) is 20.2. The van der Waals surface area contributed by atoms with Gasteiger partial charge in [-0.1, -0.05) is 133 Å². The molecule has 0 radical (unpaired) electrons. The lowest BCUT2D eigenvalue weighted by Gasteiger charge is -2.29. The SMILES string of the molecule is c1ccc(-c2cc(-c3ccc4ccccc4c3)ccc2N(c2ccc3cc4c(cc3c2)oc2ccccc24)c2ccc3c(c2)c2ccccc2n3-c2ccccc2)cc1. The Morgan fingerprint density at radius 1 is 0.339 bits per heavy atom. The van der Waals surface area contributed by atoms with E-state index in [-0.39, 0.29) is 0 Å². The van der Waals surface area contributed by atoms with Crippen molar-refractivity contribution in [1.82, 2.24) is 4.57 Å². The molecular weight excluding hydrogens is 717 g/mol. The minimum Gasteiger partial charge on any atom is -0.456 e. The van der Waals surface area contributed by atoms with Crippen molar-refractivity contribution < 1.29 is 4.42 Å². The zero-order valence-electron chi connectivity index (χ0n) is 32.1. The lowest BCUT2D eigenvalue weighted by molar-refractivity contribution is 0.669. The topological polar surface area (TPSA) is 21.3 Å². The summed E-state index contributed by atoms with van der Waals surface area (Å²) in [7, 11) is 0. The molecule has 276 valence electrons. The molecule has 12 aromatic rings. The zero-order chi connectivity index (χ0) is 38.9. The minimum atomic E-state index is 0.891. The van der Waals surface area contributed by atoms with Crippen LogP contribution >= 0.6 is 0 Å². The highest BCUT2D eigenvalue weighted by Crippen LogP contribution is 2.46. The van der Waals surface area contributed by atoms with Gasteiger partial charge in [-0.15, -0.1) is 0 Å². The van der Waals surface area contributed by atoms with Gasteiger partial charge >= 0.3 is 0 Å². The van der Waals surface area contributed by atoms with Gasteiger partial charge in [0.1, 0.15) is 11.2 Å². The molecule has 0 unspecified atom stereocenters. The number of hydrogen-bond acceptors (Lipinski definition) is 2. The van der Waals surface area contributed by atoms with E-state index in [1.165, 1.54) is 49.1 Å². The van der Waals surface area contributed by atoms with Gasteiger partial charge in [0.15, 0.2) is 0 Å². The largest absolute Gasteiger partial charge is 0.456 e. The smallest absolute Gasteiger partial charge is 0.136 e. The highest BCUT2D eigenvalue weighted by Gasteiger charge is 2.22. The van der Waals surface area contributed by atoms with Gasteiger partial charge in [0.2, 0.25) is 0 Å². The summed E-state index contributed by atoms with van der Waals surface area (Å²) in [6.07, 6.45) is 0. The summed E-state index contributed by atoms with van der Waals surface area (Å²) in [6, 6.07) is 79.0. The molecule has 0 saturated carbocycles. The van der Waals surface area contributed by atoms with Crippen molar-refractivity contribution in [2.24, 2.45) is 0 Å². The molecule has 59 heavy (non-hydrogen) atoms. The molecule has 2 aromatic heterocycles. The van der Waals surface area contributed by atoms with Crippen LogP contribution in [0.3, 0.4) is 0 Å². The molecule has 10 aromatic carbocycles. The fourth-order valence-corrected chi connectivity index (χ4v) is 9.11. The van der Waals surface area contributed by atoms with E-state index in [4.69, 9.17) is 4.42 Å². The van der Waals surface area contributed by atoms with Gasteiger partial charge in [-0.05, 0) is 123 Å². The maximum atomic E-state index is 6.40. The highest BCUT2D eigenvalue weighted by molar-refractivity contribution is 6.12. The second-order valence-electron chi connectivity index (χ2n) is 15.4. The van der Waals surface area contributed by atoms with Crippen LogP contribution in [0.1, 0.15) is 0 Å². The summed E-state index contributed by atoms with van der Waals surface area (Å²) in [6.45, 7) is 0. The van der Waals surface area contributed by atoms with Gasteiger partial charge in [-0.3, -0.25) is 0 Å². The fourth-order valence-electron chi connectivity index (χ4n) is 9.11. The summed E-state index contributed by atoms with van der Waals surface area (Å²) >= 11 is 0. The number of aromatic nitrogens is 1. The molecule has 0 spiro atoms. The lowest BCUT2D eigenvalue weighted by Crippen LogP contribution is -2.11. The lowest BCUT2D eigenvalue weighted by atomic mass is 9.95. The predicted octanol–water partition coefficient (Wildman–Crippen LogP) is 15.8. The monoisotopic (exact) mass is 752 g/mol. The number of anilines is 3. The Kier molecular flexibility index (Phi) is 7.54. The van der Waals surface area contributed by atoms with Crippen LogP contribution in [0.25, 0.3) is 93.2 Å². The summed E-state index contributed by atoms with van der Waals surface area (Å²) in [5.74, 6) is 0. The van der Waals surface area contributed by atoms with Crippen molar-refractivity contribution in [2.45, 2.75) is 0 Å². The molecule has 3 heteroatoms. The molecule has 0 bridgehead atoms. The quantitative estimate of drug-likeness (QED) is 0.169. The van der Waals surface area contributed by atoms with Crippen LogP contribution in [0.15, 0.2) is 223 Å². The Hall–Kier alpha value is -7.88. The molecule has 0 aliphatic rings. The van der Waals surface area contributed by atoms with Crippen molar-refractivity contribution in [3.8, 4) is 27.9 Å². The third-order valence-corrected chi connectivity index (χ3v) is 11.9. The first-order valence-electron chi connectivity index (χ1n) is 20.2. The molecule has 0 saturated heterocycles. The molecule has 3 nitrogen and oxygen atoms in total. The Morgan fingerprint density at radius 2 is 0.983 bits per heavy atom. The van der Waals surface area contributed by atoms with Crippen molar-refractivity contribution in [2.75, 3.05) is 4.90 Å². The summed E-state index contributed by atoms with van der Waals surface area (Å²) in [5, 5.41) is 9.45. The van der Waals surface area contributed by atoms with E-state index in [2.05, 4.69) is 216 Å². The van der Waals surface area contributed by atoms with Crippen LogP contribution in [-0.2, 0) is 0 Å². The maximum Gasteiger partial charge on any atom is 0.136 e. The number of rotatable bonds is 6. The maximum absolute atomic E-state index is 6.40. The van der Waals surface area contributed by atoms with Crippen molar-refractivity contribution in [3.05, 3.63) is 218 Å². The van der Waals surface area contributed by atoms with Crippen LogP contribution in [0.5, 0.6) is 0 Å². The van der Waals surface area contributed by atoms with Gasteiger partial charge in [0.25, 0.3) is 0 Å². The Bertz CT molecular complexity index is 3560. The van der Waals surface area contributed by atoms with Gasteiger partial charge in [0, 0.05) is 44.2 Å². The molecule has 12 rings (SSSR count). The van der Waals surface area contributed by atoms with Crippen molar-refractivity contribution >= 4 is 82.4 Å². The summed E-state index contributed by atoms with van der Waals surface area (Å²) in [4.78, 5) is 2.43. The van der Waals surface area contributed by atoms with Crippen LogP contribution in [-0.4, -0.2) is 4.57 Å². The van der Waals surface area contributed by atoms with E-state index in [9.17, 15) is 0 Å². The van der Waals surface area contributed by atoms with E-state index in [0.29, 0.717) is 0 Å². The third-order valence-electron chi connectivity index (χ3n) is 11.9. The first-order chi connectivity index (χ1) is 29.2. The predicted molar refractivity (Wildman–Crippen MR) is 249 cm³/mol. The molecule has 0 amide bonds. The molecule has 2 heterocycles. The van der Waals surface area contributed by atoms with E-state index < -0.39 is 0 Å².